The summed E-state index contributed by atoms with van der Waals surface area (Å²) in [7, 11) is 1.41. The molecule has 0 aromatic carbocycles. The molecule has 3 saturated heterocycles. The van der Waals surface area contributed by atoms with E-state index < -0.39 is 30.7 Å². The van der Waals surface area contributed by atoms with Crippen molar-refractivity contribution in [3.05, 3.63) is 0 Å². The fourth-order valence-corrected chi connectivity index (χ4v) is 2.30. The highest BCUT2D eigenvalue weighted by atomic mass is 16.7. The van der Waals surface area contributed by atoms with Gasteiger partial charge in [-0.15, -0.1) is 0 Å². The van der Waals surface area contributed by atoms with Crippen LogP contribution in [0.1, 0.15) is 0 Å². The Hall–Kier alpha value is -0.320. The summed E-state index contributed by atoms with van der Waals surface area (Å²) in [6.45, 7) is 2.45. The van der Waals surface area contributed by atoms with Gasteiger partial charge in [-0.3, -0.25) is 0 Å². The average Bonchev–Trinajstić information content (AvgIpc) is 3.35. The predicted molar refractivity (Wildman–Crippen MR) is 67.7 cm³/mol. The molecule has 0 aliphatic carbocycles. The first-order chi connectivity index (χ1) is 10.2. The molecule has 0 aromatic heterocycles. The van der Waals surface area contributed by atoms with Crippen LogP contribution >= 0.6 is 0 Å². The summed E-state index contributed by atoms with van der Waals surface area (Å²) in [5, 5.41) is 20.2. The van der Waals surface area contributed by atoms with E-state index in [0.717, 1.165) is 0 Å². The number of ether oxygens (including phenoxy) is 6. The first-order valence-corrected chi connectivity index (χ1v) is 7.16. The lowest BCUT2D eigenvalue weighted by atomic mass is 9.99. The van der Waals surface area contributed by atoms with Crippen LogP contribution in [0.4, 0.5) is 0 Å². The Morgan fingerprint density at radius 3 is 2.29 bits per heavy atom. The van der Waals surface area contributed by atoms with E-state index in [4.69, 9.17) is 28.4 Å². The fraction of sp³-hybridized carbons (Fsp3) is 1.00. The van der Waals surface area contributed by atoms with Gasteiger partial charge in [0.2, 0.25) is 0 Å². The second kappa shape index (κ2) is 6.84. The molecule has 3 heterocycles. The van der Waals surface area contributed by atoms with Crippen LogP contribution in [-0.2, 0) is 28.4 Å². The number of aliphatic hydroxyl groups excluding tert-OH is 2. The van der Waals surface area contributed by atoms with Crippen LogP contribution in [0.2, 0.25) is 0 Å². The number of aliphatic hydroxyl groups is 2. The van der Waals surface area contributed by atoms with Gasteiger partial charge in [-0.1, -0.05) is 0 Å². The summed E-state index contributed by atoms with van der Waals surface area (Å²) in [6, 6.07) is 0. The Labute approximate surface area is 122 Å². The van der Waals surface area contributed by atoms with Crippen molar-refractivity contribution in [2.45, 2.75) is 42.9 Å². The lowest BCUT2D eigenvalue weighted by Crippen LogP contribution is -2.60. The van der Waals surface area contributed by atoms with Crippen LogP contribution in [-0.4, -0.2) is 93.3 Å². The molecule has 7 atom stereocenters. The summed E-state index contributed by atoms with van der Waals surface area (Å²) < 4.78 is 32.0. The molecule has 8 nitrogen and oxygen atoms in total. The zero-order valence-electron chi connectivity index (χ0n) is 11.9. The predicted octanol–water partition coefficient (Wildman–Crippen LogP) is -1.72. The van der Waals surface area contributed by atoms with Crippen LogP contribution in [0, 0.1) is 0 Å². The molecule has 8 heteroatoms. The highest BCUT2D eigenvalue weighted by Crippen LogP contribution is 2.26. The molecule has 0 aromatic rings. The molecule has 0 saturated carbocycles. The van der Waals surface area contributed by atoms with E-state index in [0.29, 0.717) is 26.4 Å². The quantitative estimate of drug-likeness (QED) is 0.511. The molecular formula is C13H22O8. The monoisotopic (exact) mass is 306 g/mol. The lowest BCUT2D eigenvalue weighted by Gasteiger charge is -2.41. The summed E-state index contributed by atoms with van der Waals surface area (Å²) in [4.78, 5) is 0. The minimum Gasteiger partial charge on any atom is -0.387 e. The molecular weight excluding hydrogens is 284 g/mol. The second-order valence-electron chi connectivity index (χ2n) is 5.51. The van der Waals surface area contributed by atoms with Crippen molar-refractivity contribution in [1.29, 1.82) is 0 Å². The maximum absolute atomic E-state index is 10.2. The second-order valence-corrected chi connectivity index (χ2v) is 5.51. The van der Waals surface area contributed by atoms with Gasteiger partial charge in [0.05, 0.1) is 33.0 Å². The maximum Gasteiger partial charge on any atom is 0.186 e. The number of hydrogen-bond acceptors (Lipinski definition) is 8. The van der Waals surface area contributed by atoms with Crippen molar-refractivity contribution >= 4 is 0 Å². The number of epoxide rings is 2. The molecule has 0 radical (unpaired) electrons. The zero-order chi connectivity index (χ0) is 14.8. The number of hydrogen-bond donors (Lipinski definition) is 2. The largest absolute Gasteiger partial charge is 0.387 e. The van der Waals surface area contributed by atoms with E-state index in [1.807, 2.05) is 0 Å². The minimum absolute atomic E-state index is 0.0657. The zero-order valence-corrected chi connectivity index (χ0v) is 11.9. The minimum atomic E-state index is -1.16. The molecule has 21 heavy (non-hydrogen) atoms. The normalized spacial score (nSPS) is 45.6. The van der Waals surface area contributed by atoms with E-state index in [9.17, 15) is 10.2 Å². The lowest BCUT2D eigenvalue weighted by molar-refractivity contribution is -0.303. The van der Waals surface area contributed by atoms with Crippen LogP contribution in [0.5, 0.6) is 0 Å². The first kappa shape index (κ1) is 15.6. The summed E-state index contributed by atoms with van der Waals surface area (Å²) in [6.07, 6.45) is -4.15. The van der Waals surface area contributed by atoms with Crippen LogP contribution in [0.25, 0.3) is 0 Å². The van der Waals surface area contributed by atoms with Crippen molar-refractivity contribution in [2.75, 3.05) is 40.1 Å². The smallest absolute Gasteiger partial charge is 0.186 e. The molecule has 122 valence electrons. The first-order valence-electron chi connectivity index (χ1n) is 7.16. The topological polar surface area (TPSA) is 102 Å². The molecule has 0 bridgehead atoms. The molecule has 3 aliphatic heterocycles. The van der Waals surface area contributed by atoms with E-state index in [-0.39, 0.29) is 18.8 Å². The van der Waals surface area contributed by atoms with Gasteiger partial charge in [0.25, 0.3) is 0 Å². The molecule has 7 unspecified atom stereocenters. The van der Waals surface area contributed by atoms with Crippen molar-refractivity contribution < 1.29 is 38.6 Å². The standard InChI is InChI=1S/C13H22O8/c1-16-13-11(15)10(14)12(20-5-8-4-19-8)9(21-13)6-17-2-7-3-18-7/h7-15H,2-6H2,1H3. The molecule has 2 N–H and O–H groups in total. The number of rotatable bonds is 8. The fourth-order valence-electron chi connectivity index (χ4n) is 2.30. The third kappa shape index (κ3) is 4.11. The van der Waals surface area contributed by atoms with E-state index >= 15 is 0 Å². The highest BCUT2D eigenvalue weighted by molar-refractivity contribution is 4.91. The summed E-state index contributed by atoms with van der Waals surface area (Å²) in [5.74, 6) is 0. The Kier molecular flexibility index (Phi) is 5.07. The van der Waals surface area contributed by atoms with Crippen LogP contribution in [0.3, 0.4) is 0 Å². The van der Waals surface area contributed by atoms with Gasteiger partial charge >= 0.3 is 0 Å². The third-order valence-electron chi connectivity index (χ3n) is 3.74. The Morgan fingerprint density at radius 1 is 1.00 bits per heavy atom. The van der Waals surface area contributed by atoms with E-state index in [1.165, 1.54) is 7.11 Å². The Bertz CT molecular complexity index is 332. The summed E-state index contributed by atoms with van der Waals surface area (Å²) in [5.41, 5.74) is 0. The van der Waals surface area contributed by atoms with Gasteiger partial charge < -0.3 is 38.6 Å². The SMILES string of the molecule is COC1OC(COCC2CO2)C(OCC2CO2)C(O)C1O. The van der Waals surface area contributed by atoms with Crippen molar-refractivity contribution in [3.63, 3.8) is 0 Å². The van der Waals surface area contributed by atoms with Gasteiger partial charge in [0.15, 0.2) is 6.29 Å². The summed E-state index contributed by atoms with van der Waals surface area (Å²) >= 11 is 0. The van der Waals surface area contributed by atoms with Gasteiger partial charge in [-0.05, 0) is 0 Å². The number of methoxy groups -OCH3 is 1. The van der Waals surface area contributed by atoms with Crippen LogP contribution in [0.15, 0.2) is 0 Å². The third-order valence-corrected chi connectivity index (χ3v) is 3.74. The Balaban J connectivity index is 1.55. The van der Waals surface area contributed by atoms with E-state index in [2.05, 4.69) is 0 Å². The molecule has 3 aliphatic rings. The molecule has 0 amide bonds. The van der Waals surface area contributed by atoms with Gasteiger partial charge in [0.1, 0.15) is 36.6 Å². The van der Waals surface area contributed by atoms with Gasteiger partial charge in [-0.2, -0.15) is 0 Å². The van der Waals surface area contributed by atoms with Crippen LogP contribution < -0.4 is 0 Å². The van der Waals surface area contributed by atoms with Crippen molar-refractivity contribution in [1.82, 2.24) is 0 Å². The molecule has 3 rings (SSSR count). The van der Waals surface area contributed by atoms with Gasteiger partial charge in [-0.25, -0.2) is 0 Å². The van der Waals surface area contributed by atoms with Crippen molar-refractivity contribution in [2.24, 2.45) is 0 Å². The van der Waals surface area contributed by atoms with Crippen molar-refractivity contribution in [3.8, 4) is 0 Å². The molecule has 3 fully saturated rings. The Morgan fingerprint density at radius 2 is 1.67 bits per heavy atom. The molecule has 0 spiro atoms. The van der Waals surface area contributed by atoms with E-state index in [1.54, 1.807) is 0 Å². The maximum atomic E-state index is 10.2. The van der Waals surface area contributed by atoms with Gasteiger partial charge in [0, 0.05) is 7.11 Å². The highest BCUT2D eigenvalue weighted by Gasteiger charge is 2.46. The average molecular weight is 306 g/mol.